The SMILES string of the molecule is CC(C)(C)CCOCc1nc(N)c2ccsc2n1. The van der Waals surface area contributed by atoms with E-state index in [0.29, 0.717) is 18.2 Å². The Morgan fingerprint density at radius 2 is 2.11 bits per heavy atom. The van der Waals surface area contributed by atoms with E-state index < -0.39 is 0 Å². The van der Waals surface area contributed by atoms with Gasteiger partial charge in [-0.05, 0) is 23.3 Å². The van der Waals surface area contributed by atoms with Crippen molar-refractivity contribution in [3.05, 3.63) is 17.3 Å². The highest BCUT2D eigenvalue weighted by molar-refractivity contribution is 7.16. The summed E-state index contributed by atoms with van der Waals surface area (Å²) in [6.45, 7) is 7.73. The number of aromatic nitrogens is 2. The molecule has 18 heavy (non-hydrogen) atoms. The molecule has 0 aliphatic heterocycles. The summed E-state index contributed by atoms with van der Waals surface area (Å²) in [6, 6.07) is 1.94. The van der Waals surface area contributed by atoms with Gasteiger partial charge < -0.3 is 10.5 Å². The van der Waals surface area contributed by atoms with Crippen LogP contribution in [-0.4, -0.2) is 16.6 Å². The van der Waals surface area contributed by atoms with Gasteiger partial charge >= 0.3 is 0 Å². The van der Waals surface area contributed by atoms with Gasteiger partial charge in [-0.3, -0.25) is 0 Å². The third kappa shape index (κ3) is 3.40. The Hall–Kier alpha value is -1.20. The number of hydrogen-bond acceptors (Lipinski definition) is 5. The van der Waals surface area contributed by atoms with Gasteiger partial charge in [0.25, 0.3) is 0 Å². The van der Waals surface area contributed by atoms with Crippen molar-refractivity contribution in [2.45, 2.75) is 33.8 Å². The molecule has 0 aliphatic carbocycles. The second kappa shape index (κ2) is 5.20. The Morgan fingerprint density at radius 1 is 1.33 bits per heavy atom. The van der Waals surface area contributed by atoms with Gasteiger partial charge in [-0.25, -0.2) is 9.97 Å². The lowest BCUT2D eigenvalue weighted by Gasteiger charge is -2.17. The molecule has 0 fully saturated rings. The number of rotatable bonds is 4. The maximum absolute atomic E-state index is 5.87. The molecule has 2 heterocycles. The highest BCUT2D eigenvalue weighted by Crippen LogP contribution is 2.23. The van der Waals surface area contributed by atoms with E-state index in [1.165, 1.54) is 0 Å². The first kappa shape index (κ1) is 13.2. The molecule has 2 N–H and O–H groups in total. The summed E-state index contributed by atoms with van der Waals surface area (Å²) < 4.78 is 5.60. The fraction of sp³-hybridized carbons (Fsp3) is 0.538. The summed E-state index contributed by atoms with van der Waals surface area (Å²) in [4.78, 5) is 9.62. The second-order valence-electron chi connectivity index (χ2n) is 5.53. The first-order chi connectivity index (χ1) is 8.46. The van der Waals surface area contributed by atoms with Gasteiger partial charge in [0.2, 0.25) is 0 Å². The normalized spacial score (nSPS) is 12.2. The molecule has 0 radical (unpaired) electrons. The lowest BCUT2D eigenvalue weighted by atomic mass is 9.93. The molecule has 0 bridgehead atoms. The molecule has 0 saturated carbocycles. The molecule has 0 spiro atoms. The zero-order valence-electron chi connectivity index (χ0n) is 11.1. The average molecular weight is 265 g/mol. The standard InChI is InChI=1S/C13H19N3OS/c1-13(2,3)5-6-17-8-10-15-11(14)9-4-7-18-12(9)16-10/h4,7H,5-6,8H2,1-3H3,(H2,14,15,16). The van der Waals surface area contributed by atoms with Crippen LogP contribution in [0.25, 0.3) is 10.2 Å². The van der Waals surface area contributed by atoms with Crippen LogP contribution in [0, 0.1) is 5.41 Å². The maximum atomic E-state index is 5.87. The van der Waals surface area contributed by atoms with E-state index in [0.717, 1.165) is 23.2 Å². The van der Waals surface area contributed by atoms with Crippen LogP contribution in [0.4, 0.5) is 5.82 Å². The van der Waals surface area contributed by atoms with Gasteiger partial charge in [-0.2, -0.15) is 0 Å². The van der Waals surface area contributed by atoms with Crippen molar-refractivity contribution in [1.29, 1.82) is 0 Å². The van der Waals surface area contributed by atoms with E-state index in [9.17, 15) is 0 Å². The number of ether oxygens (including phenoxy) is 1. The molecule has 0 aliphatic rings. The molecule has 98 valence electrons. The molecular formula is C13H19N3OS. The van der Waals surface area contributed by atoms with Crippen molar-refractivity contribution in [2.24, 2.45) is 5.41 Å². The molecule has 5 heteroatoms. The third-order valence-electron chi connectivity index (χ3n) is 2.63. The summed E-state index contributed by atoms with van der Waals surface area (Å²) in [5, 5.41) is 2.90. The van der Waals surface area contributed by atoms with Crippen LogP contribution >= 0.6 is 11.3 Å². The minimum Gasteiger partial charge on any atom is -0.383 e. The molecule has 0 aromatic carbocycles. The molecule has 0 saturated heterocycles. The Morgan fingerprint density at radius 3 is 2.83 bits per heavy atom. The molecule has 2 aromatic heterocycles. The van der Waals surface area contributed by atoms with Crippen LogP contribution in [0.1, 0.15) is 33.0 Å². The highest BCUT2D eigenvalue weighted by atomic mass is 32.1. The first-order valence-corrected chi connectivity index (χ1v) is 6.91. The fourth-order valence-electron chi connectivity index (χ4n) is 1.53. The second-order valence-corrected chi connectivity index (χ2v) is 6.42. The smallest absolute Gasteiger partial charge is 0.158 e. The molecule has 0 unspecified atom stereocenters. The van der Waals surface area contributed by atoms with Gasteiger partial charge in [-0.15, -0.1) is 11.3 Å². The minimum atomic E-state index is 0.289. The quantitative estimate of drug-likeness (QED) is 0.862. The number of nitrogens with zero attached hydrogens (tertiary/aromatic N) is 2. The van der Waals surface area contributed by atoms with Crippen molar-refractivity contribution in [3.8, 4) is 0 Å². The number of nitrogen functional groups attached to an aromatic ring is 1. The number of thiophene rings is 1. The van der Waals surface area contributed by atoms with Gasteiger partial charge in [0.1, 0.15) is 17.3 Å². The topological polar surface area (TPSA) is 61.0 Å². The van der Waals surface area contributed by atoms with Crippen LogP contribution < -0.4 is 5.73 Å². The van der Waals surface area contributed by atoms with Crippen LogP contribution in [0.5, 0.6) is 0 Å². The number of nitrogens with two attached hydrogens (primary N) is 1. The summed E-state index contributed by atoms with van der Waals surface area (Å²) in [7, 11) is 0. The van der Waals surface area contributed by atoms with Crippen molar-refractivity contribution in [1.82, 2.24) is 9.97 Å². The van der Waals surface area contributed by atoms with E-state index in [2.05, 4.69) is 30.7 Å². The predicted molar refractivity (Wildman–Crippen MR) is 75.6 cm³/mol. The predicted octanol–water partition coefficient (Wildman–Crippen LogP) is 3.23. The van der Waals surface area contributed by atoms with E-state index in [1.807, 2.05) is 11.4 Å². The van der Waals surface area contributed by atoms with Gasteiger partial charge in [0.15, 0.2) is 5.82 Å². The lowest BCUT2D eigenvalue weighted by Crippen LogP contribution is -2.10. The summed E-state index contributed by atoms with van der Waals surface area (Å²) in [5.74, 6) is 1.20. The lowest BCUT2D eigenvalue weighted by molar-refractivity contribution is 0.0920. The Kier molecular flexibility index (Phi) is 3.82. The largest absolute Gasteiger partial charge is 0.383 e. The van der Waals surface area contributed by atoms with Gasteiger partial charge in [-0.1, -0.05) is 20.8 Å². The average Bonchev–Trinajstić information content (AvgIpc) is 2.71. The Balaban J connectivity index is 1.95. The van der Waals surface area contributed by atoms with Crippen LogP contribution in [0.2, 0.25) is 0 Å². The summed E-state index contributed by atoms with van der Waals surface area (Å²) in [6.07, 6.45) is 1.02. The summed E-state index contributed by atoms with van der Waals surface area (Å²) >= 11 is 1.57. The Labute approximate surface area is 111 Å². The van der Waals surface area contributed by atoms with Crippen LogP contribution in [-0.2, 0) is 11.3 Å². The van der Waals surface area contributed by atoms with E-state index >= 15 is 0 Å². The van der Waals surface area contributed by atoms with E-state index in [-0.39, 0.29) is 5.41 Å². The van der Waals surface area contributed by atoms with Crippen LogP contribution in [0.15, 0.2) is 11.4 Å². The minimum absolute atomic E-state index is 0.289. The molecule has 2 rings (SSSR count). The number of fused-ring (bicyclic) bond motifs is 1. The van der Waals surface area contributed by atoms with Crippen molar-refractivity contribution in [3.63, 3.8) is 0 Å². The number of hydrogen-bond donors (Lipinski definition) is 1. The number of anilines is 1. The highest BCUT2D eigenvalue weighted by Gasteiger charge is 2.10. The van der Waals surface area contributed by atoms with Crippen molar-refractivity contribution < 1.29 is 4.74 Å². The molecule has 2 aromatic rings. The monoisotopic (exact) mass is 265 g/mol. The van der Waals surface area contributed by atoms with Gasteiger partial charge in [0.05, 0.1) is 5.39 Å². The maximum Gasteiger partial charge on any atom is 0.158 e. The molecule has 0 amide bonds. The Bertz CT molecular complexity index is 531. The zero-order chi connectivity index (χ0) is 13.2. The molecular weight excluding hydrogens is 246 g/mol. The van der Waals surface area contributed by atoms with Crippen molar-refractivity contribution in [2.75, 3.05) is 12.3 Å². The van der Waals surface area contributed by atoms with E-state index in [1.54, 1.807) is 11.3 Å². The summed E-state index contributed by atoms with van der Waals surface area (Å²) in [5.41, 5.74) is 6.16. The van der Waals surface area contributed by atoms with Crippen molar-refractivity contribution >= 4 is 27.4 Å². The third-order valence-corrected chi connectivity index (χ3v) is 3.44. The first-order valence-electron chi connectivity index (χ1n) is 6.03. The zero-order valence-corrected chi connectivity index (χ0v) is 11.9. The van der Waals surface area contributed by atoms with E-state index in [4.69, 9.17) is 10.5 Å². The molecule has 0 atom stereocenters. The van der Waals surface area contributed by atoms with Crippen LogP contribution in [0.3, 0.4) is 0 Å². The fourth-order valence-corrected chi connectivity index (χ4v) is 2.32. The van der Waals surface area contributed by atoms with Gasteiger partial charge in [0, 0.05) is 6.61 Å². The molecule has 4 nitrogen and oxygen atoms in total.